The van der Waals surface area contributed by atoms with Crippen LogP contribution in [0.3, 0.4) is 0 Å². The van der Waals surface area contributed by atoms with E-state index in [-0.39, 0.29) is 0 Å². The molecule has 0 fully saturated rings. The number of rotatable bonds is 6. The zero-order chi connectivity index (χ0) is 21.8. The van der Waals surface area contributed by atoms with Gasteiger partial charge in [-0.15, -0.1) is 0 Å². The highest BCUT2D eigenvalue weighted by Crippen LogP contribution is 2.45. The average Bonchev–Trinajstić information content (AvgIpc) is 2.84. The SMILES string of the molecule is COc1ccc(-c2cccc(P(C)(=O)c3ccccc3)c2-c2ccc(OC)cc2)cc1. The first-order chi connectivity index (χ1) is 15.0. The summed E-state index contributed by atoms with van der Waals surface area (Å²) in [6.45, 7) is 1.85. The van der Waals surface area contributed by atoms with Gasteiger partial charge in [0.15, 0.2) is 0 Å². The lowest BCUT2D eigenvalue weighted by Crippen LogP contribution is -2.17. The Morgan fingerprint density at radius 2 is 1.16 bits per heavy atom. The van der Waals surface area contributed by atoms with Crippen LogP contribution in [0.5, 0.6) is 11.5 Å². The van der Waals surface area contributed by atoms with E-state index in [0.717, 1.165) is 44.4 Å². The summed E-state index contributed by atoms with van der Waals surface area (Å²) in [5.74, 6) is 1.59. The Morgan fingerprint density at radius 1 is 0.613 bits per heavy atom. The van der Waals surface area contributed by atoms with E-state index in [1.54, 1.807) is 14.2 Å². The van der Waals surface area contributed by atoms with E-state index in [0.29, 0.717) is 0 Å². The average molecular weight is 428 g/mol. The van der Waals surface area contributed by atoms with Crippen molar-refractivity contribution in [3.63, 3.8) is 0 Å². The topological polar surface area (TPSA) is 35.5 Å². The first kappa shape index (κ1) is 21.0. The van der Waals surface area contributed by atoms with Crippen LogP contribution in [-0.4, -0.2) is 20.9 Å². The van der Waals surface area contributed by atoms with E-state index in [2.05, 4.69) is 6.07 Å². The first-order valence-corrected chi connectivity index (χ1v) is 12.3. The van der Waals surface area contributed by atoms with E-state index >= 15 is 0 Å². The molecule has 3 nitrogen and oxygen atoms in total. The van der Waals surface area contributed by atoms with Crippen LogP contribution in [0.2, 0.25) is 0 Å². The summed E-state index contributed by atoms with van der Waals surface area (Å²) in [5.41, 5.74) is 4.05. The Morgan fingerprint density at radius 3 is 1.71 bits per heavy atom. The molecule has 0 aliphatic rings. The summed E-state index contributed by atoms with van der Waals surface area (Å²) < 4.78 is 24.8. The van der Waals surface area contributed by atoms with Crippen LogP contribution in [0.15, 0.2) is 97.1 Å². The fraction of sp³-hybridized carbons (Fsp3) is 0.111. The molecule has 4 rings (SSSR count). The van der Waals surface area contributed by atoms with E-state index < -0.39 is 7.14 Å². The Labute approximate surface area is 183 Å². The molecule has 1 atom stereocenters. The van der Waals surface area contributed by atoms with Crippen molar-refractivity contribution in [2.24, 2.45) is 0 Å². The van der Waals surface area contributed by atoms with Gasteiger partial charge in [0.1, 0.15) is 18.6 Å². The van der Waals surface area contributed by atoms with Gasteiger partial charge in [0.05, 0.1) is 14.2 Å². The minimum Gasteiger partial charge on any atom is -0.497 e. The molecule has 31 heavy (non-hydrogen) atoms. The molecule has 0 aliphatic carbocycles. The second-order valence-corrected chi connectivity index (χ2v) is 10.3. The van der Waals surface area contributed by atoms with Gasteiger partial charge < -0.3 is 14.0 Å². The van der Waals surface area contributed by atoms with Crippen molar-refractivity contribution in [1.82, 2.24) is 0 Å². The molecule has 0 aliphatic heterocycles. The van der Waals surface area contributed by atoms with Crippen LogP contribution in [-0.2, 0) is 4.57 Å². The Balaban J connectivity index is 1.97. The smallest absolute Gasteiger partial charge is 0.140 e. The molecule has 0 aromatic heterocycles. The predicted molar refractivity (Wildman–Crippen MR) is 130 cm³/mol. The lowest BCUT2D eigenvalue weighted by Gasteiger charge is -2.21. The van der Waals surface area contributed by atoms with Crippen LogP contribution in [0.4, 0.5) is 0 Å². The monoisotopic (exact) mass is 428 g/mol. The maximum atomic E-state index is 14.2. The largest absolute Gasteiger partial charge is 0.497 e. The molecule has 0 amide bonds. The maximum Gasteiger partial charge on any atom is 0.140 e. The summed E-state index contributed by atoms with van der Waals surface area (Å²) >= 11 is 0. The van der Waals surface area contributed by atoms with Gasteiger partial charge in [-0.05, 0) is 47.6 Å². The molecule has 156 valence electrons. The highest BCUT2D eigenvalue weighted by Gasteiger charge is 2.26. The zero-order valence-electron chi connectivity index (χ0n) is 17.9. The molecule has 1 unspecified atom stereocenters. The third kappa shape index (κ3) is 4.15. The van der Waals surface area contributed by atoms with Crippen LogP contribution < -0.4 is 20.1 Å². The third-order valence-corrected chi connectivity index (χ3v) is 8.11. The standard InChI is InChI=1S/C27H25O3P/c1-29-22-16-12-20(13-17-22)25-10-7-11-26(31(3,28)24-8-5-4-6-9-24)27(25)21-14-18-23(30-2)19-15-21/h4-19H,1-3H3. The Bertz CT molecular complexity index is 1210. The first-order valence-electron chi connectivity index (χ1n) is 10.1. The Kier molecular flexibility index (Phi) is 5.97. The van der Waals surface area contributed by atoms with Crippen LogP contribution in [0, 0.1) is 0 Å². The summed E-state index contributed by atoms with van der Waals surface area (Å²) in [6.07, 6.45) is 0. The minimum atomic E-state index is -2.84. The van der Waals surface area contributed by atoms with Gasteiger partial charge in [-0.1, -0.05) is 72.8 Å². The second kappa shape index (κ2) is 8.83. The van der Waals surface area contributed by atoms with Crippen molar-refractivity contribution >= 4 is 17.8 Å². The summed E-state index contributed by atoms with van der Waals surface area (Å²) in [5, 5.41) is 1.69. The Hall–Kier alpha value is -3.29. The minimum absolute atomic E-state index is 0.787. The van der Waals surface area contributed by atoms with Crippen LogP contribution in [0.1, 0.15) is 0 Å². The summed E-state index contributed by atoms with van der Waals surface area (Å²) in [7, 11) is 0.475. The van der Waals surface area contributed by atoms with E-state index in [4.69, 9.17) is 9.47 Å². The normalized spacial score (nSPS) is 12.7. The molecule has 0 heterocycles. The van der Waals surface area contributed by atoms with Gasteiger partial charge in [0.2, 0.25) is 0 Å². The second-order valence-electron chi connectivity index (χ2n) is 7.42. The molecule has 4 aromatic carbocycles. The van der Waals surface area contributed by atoms with Gasteiger partial charge >= 0.3 is 0 Å². The maximum absolute atomic E-state index is 14.2. The zero-order valence-corrected chi connectivity index (χ0v) is 18.8. The fourth-order valence-corrected chi connectivity index (χ4v) is 5.89. The molecule has 0 radical (unpaired) electrons. The highest BCUT2D eigenvalue weighted by molar-refractivity contribution is 7.78. The number of hydrogen-bond acceptors (Lipinski definition) is 3. The van der Waals surface area contributed by atoms with E-state index in [9.17, 15) is 4.57 Å². The van der Waals surface area contributed by atoms with Crippen molar-refractivity contribution in [3.8, 4) is 33.8 Å². The van der Waals surface area contributed by atoms with Gasteiger partial charge in [0.25, 0.3) is 0 Å². The van der Waals surface area contributed by atoms with Crippen molar-refractivity contribution in [3.05, 3.63) is 97.1 Å². The number of methoxy groups -OCH3 is 2. The van der Waals surface area contributed by atoms with Gasteiger partial charge in [0, 0.05) is 16.2 Å². The molecule has 4 heteroatoms. The number of hydrogen-bond donors (Lipinski definition) is 0. The quantitative estimate of drug-likeness (QED) is 0.354. The third-order valence-electron chi connectivity index (χ3n) is 5.53. The molecule has 0 bridgehead atoms. The van der Waals surface area contributed by atoms with Crippen molar-refractivity contribution in [2.45, 2.75) is 0 Å². The molecular formula is C27H25O3P. The van der Waals surface area contributed by atoms with Crippen molar-refractivity contribution in [1.29, 1.82) is 0 Å². The van der Waals surface area contributed by atoms with E-state index in [1.807, 2.05) is 97.7 Å². The molecule has 0 spiro atoms. The number of ether oxygens (including phenoxy) is 2. The van der Waals surface area contributed by atoms with Crippen molar-refractivity contribution < 1.29 is 14.0 Å². The van der Waals surface area contributed by atoms with Crippen LogP contribution in [0.25, 0.3) is 22.3 Å². The summed E-state index contributed by atoms with van der Waals surface area (Å²) in [6, 6.07) is 31.6. The molecular weight excluding hydrogens is 403 g/mol. The van der Waals surface area contributed by atoms with Gasteiger partial charge in [-0.3, -0.25) is 0 Å². The molecule has 0 N–H and O–H groups in total. The van der Waals surface area contributed by atoms with Crippen LogP contribution >= 0.6 is 7.14 Å². The fourth-order valence-electron chi connectivity index (χ4n) is 3.82. The lowest BCUT2D eigenvalue weighted by atomic mass is 9.94. The van der Waals surface area contributed by atoms with Gasteiger partial charge in [-0.25, -0.2) is 0 Å². The molecule has 0 saturated carbocycles. The predicted octanol–water partition coefficient (Wildman–Crippen LogP) is 5.98. The van der Waals surface area contributed by atoms with Gasteiger partial charge in [-0.2, -0.15) is 0 Å². The molecule has 4 aromatic rings. The van der Waals surface area contributed by atoms with E-state index in [1.165, 1.54) is 0 Å². The molecule has 0 saturated heterocycles. The highest BCUT2D eigenvalue weighted by atomic mass is 31.2. The van der Waals surface area contributed by atoms with Crippen molar-refractivity contribution in [2.75, 3.05) is 20.9 Å². The summed E-state index contributed by atoms with van der Waals surface area (Å²) in [4.78, 5) is 0. The number of benzene rings is 4. The lowest BCUT2D eigenvalue weighted by molar-refractivity contribution is 0.414.